The molecule has 17 heavy (non-hydrogen) atoms. The van der Waals surface area contributed by atoms with Gasteiger partial charge in [0.2, 0.25) is 0 Å². The van der Waals surface area contributed by atoms with Crippen molar-refractivity contribution in [3.63, 3.8) is 0 Å². The van der Waals surface area contributed by atoms with Crippen molar-refractivity contribution >= 4 is 23.2 Å². The van der Waals surface area contributed by atoms with Gasteiger partial charge in [-0.15, -0.1) is 0 Å². The van der Waals surface area contributed by atoms with Crippen molar-refractivity contribution in [2.75, 3.05) is 7.11 Å². The van der Waals surface area contributed by atoms with Crippen LogP contribution in [0.1, 0.15) is 44.0 Å². The van der Waals surface area contributed by atoms with Gasteiger partial charge in [-0.05, 0) is 25.7 Å². The number of rotatable bonds is 4. The number of ether oxygens (including phenoxy) is 1. The predicted molar refractivity (Wildman–Crippen MR) is 68.6 cm³/mol. The first kappa shape index (κ1) is 13.1. The molecule has 5 heteroatoms. The minimum Gasteiger partial charge on any atom is -0.370 e. The van der Waals surface area contributed by atoms with E-state index in [9.17, 15) is 0 Å². The quantitative estimate of drug-likeness (QED) is 0.785. The maximum Gasteiger partial charge on any atom is 0.163 e. The zero-order valence-electron chi connectivity index (χ0n) is 10.1. The summed E-state index contributed by atoms with van der Waals surface area (Å²) >= 11 is 12.3. The van der Waals surface area contributed by atoms with Gasteiger partial charge in [-0.1, -0.05) is 36.5 Å². The van der Waals surface area contributed by atoms with E-state index in [-0.39, 0.29) is 5.60 Å². The molecule has 1 aliphatic carbocycles. The Balaban J connectivity index is 2.38. The molecular weight excluding hydrogens is 259 g/mol. The maximum atomic E-state index is 6.17. The Hall–Kier alpha value is -0.380. The second-order valence-corrected chi connectivity index (χ2v) is 5.13. The third-order valence-electron chi connectivity index (χ3n) is 3.37. The summed E-state index contributed by atoms with van der Waals surface area (Å²) in [6.07, 6.45) is 4.77. The first-order chi connectivity index (χ1) is 8.13. The van der Waals surface area contributed by atoms with E-state index in [4.69, 9.17) is 27.9 Å². The van der Waals surface area contributed by atoms with Crippen LogP contribution < -0.4 is 0 Å². The van der Waals surface area contributed by atoms with Crippen LogP contribution in [0, 0.1) is 0 Å². The molecule has 0 unspecified atom stereocenters. The van der Waals surface area contributed by atoms with E-state index in [2.05, 4.69) is 16.9 Å². The molecule has 1 heterocycles. The smallest absolute Gasteiger partial charge is 0.163 e. The monoisotopic (exact) mass is 274 g/mol. The summed E-state index contributed by atoms with van der Waals surface area (Å²) in [5.74, 6) is 0.626. The molecule has 0 amide bonds. The molecule has 0 saturated heterocycles. The van der Waals surface area contributed by atoms with E-state index in [1.807, 2.05) is 0 Å². The number of nitrogens with zero attached hydrogens (tertiary/aromatic N) is 2. The van der Waals surface area contributed by atoms with Crippen LogP contribution in [-0.4, -0.2) is 17.1 Å². The standard InChI is InChI=1S/C12H16Cl2N2O/c1-3-5-8-9(13)15-11(16-10(8)14)12(17-2)6-4-7-12/h3-7H2,1-2H3. The fourth-order valence-corrected chi connectivity index (χ4v) is 2.68. The van der Waals surface area contributed by atoms with Crippen molar-refractivity contribution in [3.05, 3.63) is 21.7 Å². The second-order valence-electron chi connectivity index (χ2n) is 4.41. The molecule has 2 rings (SSSR count). The zero-order chi connectivity index (χ0) is 12.5. The number of hydrogen-bond donors (Lipinski definition) is 0. The first-order valence-corrected chi connectivity index (χ1v) is 6.66. The molecule has 1 aliphatic rings. The molecule has 94 valence electrons. The molecule has 0 bridgehead atoms. The van der Waals surface area contributed by atoms with Crippen LogP contribution in [0.4, 0.5) is 0 Å². The third kappa shape index (κ3) is 2.28. The van der Waals surface area contributed by atoms with Crippen molar-refractivity contribution in [1.82, 2.24) is 9.97 Å². The fourth-order valence-electron chi connectivity index (χ4n) is 2.11. The largest absolute Gasteiger partial charge is 0.370 e. The van der Waals surface area contributed by atoms with Crippen LogP contribution >= 0.6 is 23.2 Å². The number of aromatic nitrogens is 2. The molecule has 0 aromatic carbocycles. The topological polar surface area (TPSA) is 35.0 Å². The second kappa shape index (κ2) is 5.09. The van der Waals surface area contributed by atoms with Gasteiger partial charge in [-0.2, -0.15) is 0 Å². The van der Waals surface area contributed by atoms with Crippen LogP contribution in [-0.2, 0) is 16.8 Å². The first-order valence-electron chi connectivity index (χ1n) is 5.90. The summed E-state index contributed by atoms with van der Waals surface area (Å²) < 4.78 is 5.53. The van der Waals surface area contributed by atoms with Gasteiger partial charge in [-0.3, -0.25) is 0 Å². The van der Waals surface area contributed by atoms with Crippen LogP contribution in [0.25, 0.3) is 0 Å². The Kier molecular flexibility index (Phi) is 3.91. The van der Waals surface area contributed by atoms with Gasteiger partial charge in [0.05, 0.1) is 0 Å². The predicted octanol–water partition coefficient (Wildman–Crippen LogP) is 3.76. The van der Waals surface area contributed by atoms with Gasteiger partial charge in [0.15, 0.2) is 5.82 Å². The normalized spacial score (nSPS) is 17.9. The molecule has 1 aromatic rings. The Morgan fingerprint density at radius 1 is 1.24 bits per heavy atom. The van der Waals surface area contributed by atoms with Gasteiger partial charge in [0, 0.05) is 12.7 Å². The van der Waals surface area contributed by atoms with E-state index >= 15 is 0 Å². The lowest BCUT2D eigenvalue weighted by Gasteiger charge is -2.38. The highest BCUT2D eigenvalue weighted by Crippen LogP contribution is 2.43. The highest BCUT2D eigenvalue weighted by Gasteiger charge is 2.42. The lowest BCUT2D eigenvalue weighted by Crippen LogP contribution is -2.38. The number of methoxy groups -OCH3 is 1. The molecule has 1 fully saturated rings. The summed E-state index contributed by atoms with van der Waals surface area (Å²) in [4.78, 5) is 8.72. The van der Waals surface area contributed by atoms with E-state index in [0.717, 1.165) is 37.7 Å². The summed E-state index contributed by atoms with van der Waals surface area (Å²) in [6, 6.07) is 0. The molecule has 3 nitrogen and oxygen atoms in total. The summed E-state index contributed by atoms with van der Waals surface area (Å²) in [5, 5.41) is 0.926. The highest BCUT2D eigenvalue weighted by atomic mass is 35.5. The van der Waals surface area contributed by atoms with Crippen molar-refractivity contribution < 1.29 is 4.74 Å². The van der Waals surface area contributed by atoms with Gasteiger partial charge in [0.1, 0.15) is 15.9 Å². The highest BCUT2D eigenvalue weighted by molar-refractivity contribution is 6.34. The average molecular weight is 275 g/mol. The summed E-state index contributed by atoms with van der Waals surface area (Å²) in [7, 11) is 1.68. The lowest BCUT2D eigenvalue weighted by molar-refractivity contribution is -0.0846. The molecule has 0 atom stereocenters. The van der Waals surface area contributed by atoms with E-state index in [1.54, 1.807) is 7.11 Å². The molecule has 0 spiro atoms. The van der Waals surface area contributed by atoms with Crippen molar-refractivity contribution in [2.45, 2.75) is 44.6 Å². The van der Waals surface area contributed by atoms with Gasteiger partial charge in [0.25, 0.3) is 0 Å². The molecule has 1 saturated carbocycles. The minimum atomic E-state index is -0.363. The van der Waals surface area contributed by atoms with E-state index in [0.29, 0.717) is 16.1 Å². The summed E-state index contributed by atoms with van der Waals surface area (Å²) in [5.41, 5.74) is 0.475. The molecule has 0 radical (unpaired) electrons. The van der Waals surface area contributed by atoms with Crippen molar-refractivity contribution in [2.24, 2.45) is 0 Å². The van der Waals surface area contributed by atoms with Crippen molar-refractivity contribution in [3.8, 4) is 0 Å². The Bertz CT molecular complexity index is 390. The molecular formula is C12H16Cl2N2O. The molecule has 1 aromatic heterocycles. The molecule has 0 N–H and O–H groups in total. The third-order valence-corrected chi connectivity index (χ3v) is 3.99. The lowest BCUT2D eigenvalue weighted by atomic mass is 9.79. The van der Waals surface area contributed by atoms with Gasteiger partial charge < -0.3 is 4.74 Å². The number of halogens is 2. The van der Waals surface area contributed by atoms with Crippen LogP contribution in [0.3, 0.4) is 0 Å². The van der Waals surface area contributed by atoms with Crippen LogP contribution in [0.5, 0.6) is 0 Å². The van der Waals surface area contributed by atoms with Crippen molar-refractivity contribution in [1.29, 1.82) is 0 Å². The van der Waals surface area contributed by atoms with Gasteiger partial charge >= 0.3 is 0 Å². The van der Waals surface area contributed by atoms with E-state index < -0.39 is 0 Å². The van der Waals surface area contributed by atoms with Gasteiger partial charge in [-0.25, -0.2) is 9.97 Å². The fraction of sp³-hybridized carbons (Fsp3) is 0.667. The maximum absolute atomic E-state index is 6.17. The van der Waals surface area contributed by atoms with Crippen LogP contribution in [0.2, 0.25) is 10.3 Å². The SMILES string of the molecule is CCCc1c(Cl)nc(C2(OC)CCC2)nc1Cl. The Morgan fingerprint density at radius 2 is 1.82 bits per heavy atom. The minimum absolute atomic E-state index is 0.363. The summed E-state index contributed by atoms with van der Waals surface area (Å²) in [6.45, 7) is 2.07. The number of hydrogen-bond acceptors (Lipinski definition) is 3. The molecule has 0 aliphatic heterocycles. The Labute approximate surface area is 112 Å². The van der Waals surface area contributed by atoms with E-state index in [1.165, 1.54) is 0 Å². The Morgan fingerprint density at radius 3 is 2.18 bits per heavy atom. The average Bonchev–Trinajstić information content (AvgIpc) is 2.23. The zero-order valence-corrected chi connectivity index (χ0v) is 11.6. The van der Waals surface area contributed by atoms with Crippen LogP contribution in [0.15, 0.2) is 0 Å².